The molecule has 2 aromatic heterocycles. The van der Waals surface area contributed by atoms with Crippen molar-refractivity contribution in [2.24, 2.45) is 5.92 Å². The average molecular weight is 303 g/mol. The molecule has 1 atom stereocenters. The van der Waals surface area contributed by atoms with Crippen molar-refractivity contribution in [2.75, 3.05) is 13.1 Å². The predicted octanol–water partition coefficient (Wildman–Crippen LogP) is -0.119. The van der Waals surface area contributed by atoms with Gasteiger partial charge in [0.1, 0.15) is 5.56 Å². The Bertz CT molecular complexity index is 761. The first-order chi connectivity index (χ1) is 10.6. The van der Waals surface area contributed by atoms with E-state index in [1.807, 2.05) is 6.07 Å². The minimum atomic E-state index is -0.649. The third-order valence-corrected chi connectivity index (χ3v) is 3.92. The van der Waals surface area contributed by atoms with Crippen LogP contribution in [0.25, 0.3) is 0 Å². The molecule has 0 unspecified atom stereocenters. The van der Waals surface area contributed by atoms with Crippen LogP contribution in [-0.2, 0) is 6.42 Å². The van der Waals surface area contributed by atoms with Gasteiger partial charge in [0.15, 0.2) is 0 Å². The minimum Gasteiger partial charge on any atom is -0.338 e. The third kappa shape index (κ3) is 3.00. The molecule has 1 amide bonds. The van der Waals surface area contributed by atoms with E-state index in [-0.39, 0.29) is 11.5 Å². The minimum absolute atomic E-state index is 0.0261. The summed E-state index contributed by atoms with van der Waals surface area (Å²) in [6.07, 6.45) is 5.64. The van der Waals surface area contributed by atoms with Gasteiger partial charge in [-0.15, -0.1) is 0 Å². The molecule has 2 aromatic rings. The highest BCUT2D eigenvalue weighted by atomic mass is 16.2. The van der Waals surface area contributed by atoms with E-state index in [4.69, 9.17) is 0 Å². The lowest BCUT2D eigenvalue weighted by molar-refractivity contribution is 0.0670. The zero-order valence-corrected chi connectivity index (χ0v) is 12.0. The number of carbonyl (C=O) groups excluding carboxylic acids is 1. The van der Waals surface area contributed by atoms with Crippen LogP contribution in [0, 0.1) is 5.92 Å². The number of rotatable bonds is 3. The van der Waals surface area contributed by atoms with Crippen molar-refractivity contribution in [3.8, 4) is 0 Å². The molecule has 22 heavy (non-hydrogen) atoms. The van der Waals surface area contributed by atoms with Crippen LogP contribution in [-0.4, -0.2) is 44.1 Å². The van der Waals surface area contributed by atoms with Gasteiger partial charge in [0, 0.05) is 31.2 Å². The molecular formula is C14H17N5O3. The largest absolute Gasteiger partial charge is 0.338 e. The SMILES string of the molecule is O=C(c1c[nH]c(=O)[nH]c1=O)N1CCC[C@@H](Cc2ccn[nH]2)C1. The van der Waals surface area contributed by atoms with Crippen molar-refractivity contribution < 1.29 is 4.79 Å². The second-order valence-corrected chi connectivity index (χ2v) is 5.53. The molecular weight excluding hydrogens is 286 g/mol. The van der Waals surface area contributed by atoms with E-state index in [2.05, 4.69) is 20.2 Å². The summed E-state index contributed by atoms with van der Waals surface area (Å²) in [5, 5.41) is 6.85. The van der Waals surface area contributed by atoms with E-state index in [0.717, 1.165) is 25.0 Å². The van der Waals surface area contributed by atoms with Crippen LogP contribution in [0.4, 0.5) is 0 Å². The van der Waals surface area contributed by atoms with Gasteiger partial charge in [-0.25, -0.2) is 4.79 Å². The maximum atomic E-state index is 12.4. The third-order valence-electron chi connectivity index (χ3n) is 3.92. The number of aromatic amines is 3. The molecule has 1 fully saturated rings. The highest BCUT2D eigenvalue weighted by Gasteiger charge is 2.26. The van der Waals surface area contributed by atoms with Crippen LogP contribution < -0.4 is 11.2 Å². The molecule has 3 heterocycles. The molecule has 0 aromatic carbocycles. The zero-order chi connectivity index (χ0) is 15.5. The van der Waals surface area contributed by atoms with Crippen molar-refractivity contribution in [1.29, 1.82) is 0 Å². The monoisotopic (exact) mass is 303 g/mol. The van der Waals surface area contributed by atoms with Crippen LogP contribution in [0.15, 0.2) is 28.0 Å². The second kappa shape index (κ2) is 6.00. The van der Waals surface area contributed by atoms with Crippen LogP contribution >= 0.6 is 0 Å². The Kier molecular flexibility index (Phi) is 3.90. The maximum Gasteiger partial charge on any atom is 0.325 e. The normalized spacial score (nSPS) is 18.4. The van der Waals surface area contributed by atoms with E-state index in [0.29, 0.717) is 19.0 Å². The number of nitrogens with one attached hydrogen (secondary N) is 3. The number of hydrogen-bond donors (Lipinski definition) is 3. The summed E-state index contributed by atoms with van der Waals surface area (Å²) in [4.78, 5) is 41.3. The topological polar surface area (TPSA) is 115 Å². The summed E-state index contributed by atoms with van der Waals surface area (Å²) >= 11 is 0. The highest BCUT2D eigenvalue weighted by Crippen LogP contribution is 2.20. The Balaban J connectivity index is 1.72. The number of piperidine rings is 1. The fourth-order valence-corrected chi connectivity index (χ4v) is 2.86. The molecule has 8 nitrogen and oxygen atoms in total. The van der Waals surface area contributed by atoms with Crippen molar-refractivity contribution in [1.82, 2.24) is 25.1 Å². The van der Waals surface area contributed by atoms with E-state index < -0.39 is 11.2 Å². The van der Waals surface area contributed by atoms with Gasteiger partial charge in [0.25, 0.3) is 11.5 Å². The van der Waals surface area contributed by atoms with E-state index in [1.54, 1.807) is 11.1 Å². The second-order valence-electron chi connectivity index (χ2n) is 5.53. The molecule has 1 aliphatic rings. The molecule has 0 aliphatic carbocycles. The first kappa shape index (κ1) is 14.3. The first-order valence-electron chi connectivity index (χ1n) is 7.23. The van der Waals surface area contributed by atoms with Crippen LogP contribution in [0.3, 0.4) is 0 Å². The number of nitrogens with zero attached hydrogens (tertiary/aromatic N) is 2. The summed E-state index contributed by atoms with van der Waals surface area (Å²) in [5.41, 5.74) is -0.246. The molecule has 0 radical (unpaired) electrons. The zero-order valence-electron chi connectivity index (χ0n) is 12.0. The summed E-state index contributed by atoms with van der Waals surface area (Å²) in [5.74, 6) is -0.00759. The lowest BCUT2D eigenvalue weighted by Gasteiger charge is -2.32. The average Bonchev–Trinajstić information content (AvgIpc) is 3.00. The quantitative estimate of drug-likeness (QED) is 0.733. The Morgan fingerprint density at radius 2 is 2.27 bits per heavy atom. The fraction of sp³-hybridized carbons (Fsp3) is 0.429. The number of aromatic nitrogens is 4. The molecule has 3 rings (SSSR count). The summed E-state index contributed by atoms with van der Waals surface area (Å²) < 4.78 is 0. The van der Waals surface area contributed by atoms with Crippen LogP contribution in [0.5, 0.6) is 0 Å². The van der Waals surface area contributed by atoms with Crippen molar-refractivity contribution >= 4 is 5.91 Å². The van der Waals surface area contributed by atoms with Gasteiger partial charge in [-0.1, -0.05) is 0 Å². The lowest BCUT2D eigenvalue weighted by Crippen LogP contribution is -2.43. The fourth-order valence-electron chi connectivity index (χ4n) is 2.86. The van der Waals surface area contributed by atoms with Crippen molar-refractivity contribution in [2.45, 2.75) is 19.3 Å². The van der Waals surface area contributed by atoms with Gasteiger partial charge in [-0.2, -0.15) is 5.10 Å². The van der Waals surface area contributed by atoms with Gasteiger partial charge in [0.05, 0.1) is 0 Å². The number of likely N-dealkylation sites (tertiary alicyclic amines) is 1. The molecule has 3 N–H and O–H groups in total. The van der Waals surface area contributed by atoms with Crippen molar-refractivity contribution in [3.05, 3.63) is 50.6 Å². The molecule has 116 valence electrons. The van der Waals surface area contributed by atoms with Crippen LogP contribution in [0.2, 0.25) is 0 Å². The Morgan fingerprint density at radius 1 is 1.41 bits per heavy atom. The number of carbonyl (C=O) groups is 1. The smallest absolute Gasteiger partial charge is 0.325 e. The predicted molar refractivity (Wildman–Crippen MR) is 78.6 cm³/mol. The molecule has 0 bridgehead atoms. The molecule has 1 aliphatic heterocycles. The Morgan fingerprint density at radius 3 is 3.00 bits per heavy atom. The van der Waals surface area contributed by atoms with Crippen LogP contribution in [0.1, 0.15) is 28.9 Å². The summed E-state index contributed by atoms with van der Waals surface area (Å²) in [6, 6.07) is 1.92. The molecule has 0 saturated carbocycles. The summed E-state index contributed by atoms with van der Waals surface area (Å²) in [7, 11) is 0. The van der Waals surface area contributed by atoms with E-state index in [9.17, 15) is 14.4 Å². The van der Waals surface area contributed by atoms with Gasteiger partial charge in [-0.05, 0) is 31.2 Å². The highest BCUT2D eigenvalue weighted by molar-refractivity contribution is 5.93. The number of H-pyrrole nitrogens is 3. The van der Waals surface area contributed by atoms with E-state index >= 15 is 0 Å². The number of hydrogen-bond acceptors (Lipinski definition) is 4. The number of amides is 1. The standard InChI is InChI=1S/C14H17N5O3/c20-12-11(7-15-14(22)17-12)13(21)19-5-1-2-9(8-19)6-10-3-4-16-18-10/h3-4,7,9H,1-2,5-6,8H2,(H,16,18)(H2,15,17,20,22)/t9-/m0/s1. The van der Waals surface area contributed by atoms with E-state index in [1.165, 1.54) is 6.20 Å². The van der Waals surface area contributed by atoms with Gasteiger partial charge >= 0.3 is 5.69 Å². The lowest BCUT2D eigenvalue weighted by atomic mass is 9.93. The molecule has 0 spiro atoms. The first-order valence-corrected chi connectivity index (χ1v) is 7.23. The van der Waals surface area contributed by atoms with Gasteiger partial charge < -0.3 is 9.88 Å². The Labute approximate surface area is 125 Å². The summed E-state index contributed by atoms with van der Waals surface area (Å²) in [6.45, 7) is 1.22. The maximum absolute atomic E-state index is 12.4. The molecule has 1 saturated heterocycles. The van der Waals surface area contributed by atoms with Gasteiger partial charge in [0.2, 0.25) is 0 Å². The van der Waals surface area contributed by atoms with Crippen molar-refractivity contribution in [3.63, 3.8) is 0 Å². The van der Waals surface area contributed by atoms with Gasteiger partial charge in [-0.3, -0.25) is 19.7 Å². The Hall–Kier alpha value is -2.64. The molecule has 8 heteroatoms.